The standard InChI is InChI=1S/C15H11.3CH3.Pt/c1-2-6-12(5-1)15-10-9-13-7-3-4-8-14(13)11-15;;;;/h1,3-5,7-11H,2H2;3*1H3;. The predicted octanol–water partition coefficient (Wildman–Crippen LogP) is 5.81. The van der Waals surface area contributed by atoms with Crippen molar-refractivity contribution in [2.24, 2.45) is 0 Å². The van der Waals surface area contributed by atoms with E-state index in [0.29, 0.717) is 0 Å². The fourth-order valence-corrected chi connectivity index (χ4v) is 6.53. The average molecular weight is 431 g/mol. The zero-order chi connectivity index (χ0) is 13.5. The van der Waals surface area contributed by atoms with Gasteiger partial charge in [0.2, 0.25) is 0 Å². The number of hydrogen-bond donors (Lipinski definition) is 0. The van der Waals surface area contributed by atoms with Crippen molar-refractivity contribution in [2.45, 2.75) is 22.4 Å². The first-order chi connectivity index (χ1) is 9.05. The number of benzene rings is 2. The van der Waals surface area contributed by atoms with Crippen LogP contribution in [-0.4, -0.2) is 0 Å². The molecule has 19 heavy (non-hydrogen) atoms. The summed E-state index contributed by atoms with van der Waals surface area (Å²) in [6.07, 6.45) is 5.82. The van der Waals surface area contributed by atoms with E-state index in [4.69, 9.17) is 0 Å². The third kappa shape index (κ3) is 2.47. The SMILES string of the molecule is [CH3][Pt]([CH3])([CH3])[C]1=C(c2ccc3ccccc3c2)C=CC1. The minimum atomic E-state index is -1.66. The molecular weight excluding hydrogens is 411 g/mol. The number of hydrogen-bond acceptors (Lipinski definition) is 0. The molecule has 0 aromatic heterocycles. The molecular formula is C18H20Pt. The van der Waals surface area contributed by atoms with E-state index in [2.05, 4.69) is 70.6 Å². The molecule has 2 aromatic carbocycles. The normalized spacial score (nSPS) is 16.4. The van der Waals surface area contributed by atoms with Crippen LogP contribution in [0.4, 0.5) is 0 Å². The summed E-state index contributed by atoms with van der Waals surface area (Å²) >= 11 is -1.66. The van der Waals surface area contributed by atoms with E-state index in [-0.39, 0.29) is 0 Å². The van der Waals surface area contributed by atoms with E-state index in [1.807, 2.05) is 0 Å². The van der Waals surface area contributed by atoms with Gasteiger partial charge in [-0.2, -0.15) is 0 Å². The Morgan fingerprint density at radius 3 is 2.37 bits per heavy atom. The maximum absolute atomic E-state index is 2.48. The summed E-state index contributed by atoms with van der Waals surface area (Å²) in [5.74, 6) is 0. The molecule has 0 unspecified atom stereocenters. The molecule has 0 saturated heterocycles. The van der Waals surface area contributed by atoms with Gasteiger partial charge in [-0.1, -0.05) is 0 Å². The first kappa shape index (κ1) is 12.9. The Hall–Kier alpha value is -1.13. The molecule has 0 saturated carbocycles. The first-order valence-corrected chi connectivity index (χ1v) is 14.3. The summed E-state index contributed by atoms with van der Waals surface area (Å²) < 4.78 is 1.72. The Balaban J connectivity index is 2.16. The van der Waals surface area contributed by atoms with Gasteiger partial charge < -0.3 is 0 Å². The van der Waals surface area contributed by atoms with Gasteiger partial charge in [0.15, 0.2) is 0 Å². The van der Waals surface area contributed by atoms with Crippen molar-refractivity contribution in [1.82, 2.24) is 0 Å². The second-order valence-electron chi connectivity index (χ2n) is 5.37. The van der Waals surface area contributed by atoms with E-state index in [1.54, 1.807) is 3.96 Å². The van der Waals surface area contributed by atoms with Crippen LogP contribution in [0.1, 0.15) is 12.0 Å². The molecule has 0 fully saturated rings. The first-order valence-electron chi connectivity index (χ1n) is 6.31. The second-order valence-corrected chi connectivity index (χ2v) is 17.0. The van der Waals surface area contributed by atoms with E-state index < -0.39 is 16.1 Å². The van der Waals surface area contributed by atoms with E-state index in [0.717, 1.165) is 0 Å². The van der Waals surface area contributed by atoms with Crippen molar-refractivity contribution < 1.29 is 16.1 Å². The molecule has 0 radical (unpaired) electrons. The van der Waals surface area contributed by atoms with Gasteiger partial charge in [-0.05, 0) is 0 Å². The van der Waals surface area contributed by atoms with Gasteiger partial charge in [0.05, 0.1) is 0 Å². The molecule has 3 rings (SSSR count). The summed E-state index contributed by atoms with van der Waals surface area (Å²) in [5, 5.41) is 10.1. The average Bonchev–Trinajstić information content (AvgIpc) is 2.87. The van der Waals surface area contributed by atoms with Gasteiger partial charge >= 0.3 is 119 Å². The molecule has 102 valence electrons. The van der Waals surface area contributed by atoms with Gasteiger partial charge in [0.25, 0.3) is 0 Å². The molecule has 1 heteroatoms. The summed E-state index contributed by atoms with van der Waals surface area (Å²) in [4.78, 5) is 0. The maximum atomic E-state index is 2.48. The van der Waals surface area contributed by atoms with Crippen molar-refractivity contribution in [1.29, 1.82) is 0 Å². The van der Waals surface area contributed by atoms with Gasteiger partial charge in [-0.3, -0.25) is 0 Å². The minimum absolute atomic E-state index is 1.17. The Morgan fingerprint density at radius 2 is 1.63 bits per heavy atom. The number of fused-ring (bicyclic) bond motifs is 1. The molecule has 0 atom stereocenters. The van der Waals surface area contributed by atoms with Gasteiger partial charge in [-0.15, -0.1) is 0 Å². The molecule has 0 heterocycles. The summed E-state index contributed by atoms with van der Waals surface area (Å²) in [6, 6.07) is 15.5. The predicted molar refractivity (Wildman–Crippen MR) is 82.2 cm³/mol. The molecule has 2 aromatic rings. The van der Waals surface area contributed by atoms with Crippen LogP contribution in [0, 0.1) is 0 Å². The molecule has 1 aliphatic rings. The van der Waals surface area contributed by atoms with E-state index in [1.165, 1.54) is 28.3 Å². The topological polar surface area (TPSA) is 0 Å². The number of rotatable bonds is 2. The summed E-state index contributed by atoms with van der Waals surface area (Å²) in [7, 11) is 0. The summed E-state index contributed by atoms with van der Waals surface area (Å²) in [6.45, 7) is 0. The summed E-state index contributed by atoms with van der Waals surface area (Å²) in [5.41, 5.74) is 2.89. The molecule has 0 N–H and O–H groups in total. The monoisotopic (exact) mass is 431 g/mol. The number of allylic oxidation sites excluding steroid dienone is 4. The quantitative estimate of drug-likeness (QED) is 0.563. The molecule has 0 bridgehead atoms. The van der Waals surface area contributed by atoms with Crippen LogP contribution in [-0.2, 0) is 16.1 Å². The van der Waals surface area contributed by atoms with Crippen molar-refractivity contribution >= 4 is 16.3 Å². The second kappa shape index (κ2) is 4.76. The van der Waals surface area contributed by atoms with Crippen LogP contribution >= 0.6 is 0 Å². The molecule has 0 spiro atoms. The molecule has 0 aliphatic heterocycles. The van der Waals surface area contributed by atoms with Crippen LogP contribution in [0.2, 0.25) is 15.9 Å². The van der Waals surface area contributed by atoms with Crippen LogP contribution in [0.3, 0.4) is 0 Å². The Bertz CT molecular complexity index is 684. The Morgan fingerprint density at radius 1 is 0.895 bits per heavy atom. The molecule has 0 nitrogen and oxygen atoms in total. The van der Waals surface area contributed by atoms with Crippen molar-refractivity contribution in [3.05, 3.63) is 64.1 Å². The van der Waals surface area contributed by atoms with Gasteiger partial charge in [0, 0.05) is 0 Å². The van der Waals surface area contributed by atoms with Crippen LogP contribution in [0.25, 0.3) is 16.3 Å². The van der Waals surface area contributed by atoms with E-state index in [9.17, 15) is 0 Å². The Kier molecular flexibility index (Phi) is 3.23. The Labute approximate surface area is 119 Å². The van der Waals surface area contributed by atoms with Crippen molar-refractivity contribution in [3.8, 4) is 0 Å². The zero-order valence-corrected chi connectivity index (χ0v) is 14.0. The van der Waals surface area contributed by atoms with Crippen molar-refractivity contribution in [3.63, 3.8) is 0 Å². The fourth-order valence-electron chi connectivity index (χ4n) is 2.52. The molecule has 0 amide bonds. The third-order valence-electron chi connectivity index (χ3n) is 3.48. The van der Waals surface area contributed by atoms with Crippen LogP contribution in [0.15, 0.2) is 58.6 Å². The third-order valence-corrected chi connectivity index (χ3v) is 8.67. The molecule has 1 aliphatic carbocycles. The van der Waals surface area contributed by atoms with Gasteiger partial charge in [0.1, 0.15) is 0 Å². The van der Waals surface area contributed by atoms with Crippen molar-refractivity contribution in [2.75, 3.05) is 0 Å². The fraction of sp³-hybridized carbons (Fsp3) is 0.222. The van der Waals surface area contributed by atoms with Crippen LogP contribution < -0.4 is 0 Å². The zero-order valence-electron chi connectivity index (χ0n) is 11.7. The van der Waals surface area contributed by atoms with E-state index >= 15 is 0 Å². The van der Waals surface area contributed by atoms with Crippen LogP contribution in [0.5, 0.6) is 0 Å². The van der Waals surface area contributed by atoms with Gasteiger partial charge in [-0.25, -0.2) is 0 Å².